The fraction of sp³-hybridized carbons (Fsp3) is 0.200. The van der Waals surface area contributed by atoms with Crippen molar-refractivity contribution in [1.29, 1.82) is 0 Å². The van der Waals surface area contributed by atoms with Crippen LogP contribution in [-0.2, 0) is 4.74 Å². The second kappa shape index (κ2) is 9.03. The molecule has 0 aromatic heterocycles. The molecule has 3 rings (SSSR count). The number of nitro groups is 1. The van der Waals surface area contributed by atoms with Gasteiger partial charge in [0.05, 0.1) is 28.7 Å². The molecule has 0 radical (unpaired) electrons. The Morgan fingerprint density at radius 1 is 1.06 bits per heavy atom. The number of urea groups is 1. The van der Waals surface area contributed by atoms with E-state index < -0.39 is 28.7 Å². The molecular formula is C20H18N4O7. The summed E-state index contributed by atoms with van der Waals surface area (Å²) >= 11 is 0. The van der Waals surface area contributed by atoms with E-state index in [0.29, 0.717) is 17.7 Å². The number of carbonyl (C=O) groups excluding carboxylic acids is 4. The molecule has 0 spiro atoms. The molecule has 1 heterocycles. The number of nitrogens with one attached hydrogen (secondary N) is 2. The lowest BCUT2D eigenvalue weighted by Gasteiger charge is -2.14. The van der Waals surface area contributed by atoms with Crippen molar-refractivity contribution in [3.8, 4) is 0 Å². The molecule has 0 fully saturated rings. The summed E-state index contributed by atoms with van der Waals surface area (Å²) in [5, 5.41) is 16.1. The van der Waals surface area contributed by atoms with Gasteiger partial charge in [-0.25, -0.2) is 9.59 Å². The number of benzene rings is 2. The van der Waals surface area contributed by atoms with Gasteiger partial charge in [-0.1, -0.05) is 0 Å². The molecule has 0 atom stereocenters. The Hall–Kier alpha value is -4.28. The largest absolute Gasteiger partial charge is 0.465 e. The van der Waals surface area contributed by atoms with Gasteiger partial charge in [0.15, 0.2) is 0 Å². The topological polar surface area (TPSA) is 148 Å². The fourth-order valence-electron chi connectivity index (χ4n) is 3.02. The maximum Gasteiger partial charge on any atom is 0.337 e. The lowest BCUT2D eigenvalue weighted by atomic mass is 10.1. The van der Waals surface area contributed by atoms with E-state index in [1.165, 1.54) is 31.4 Å². The fourth-order valence-corrected chi connectivity index (χ4v) is 3.02. The van der Waals surface area contributed by atoms with E-state index in [-0.39, 0.29) is 29.9 Å². The van der Waals surface area contributed by atoms with Crippen LogP contribution in [0, 0.1) is 10.1 Å². The monoisotopic (exact) mass is 426 g/mol. The van der Waals surface area contributed by atoms with Gasteiger partial charge < -0.3 is 15.4 Å². The van der Waals surface area contributed by atoms with Crippen LogP contribution in [0.15, 0.2) is 42.5 Å². The number of imide groups is 1. The van der Waals surface area contributed by atoms with Gasteiger partial charge in [0.25, 0.3) is 17.5 Å². The molecule has 0 saturated heterocycles. The summed E-state index contributed by atoms with van der Waals surface area (Å²) in [7, 11) is 1.27. The molecule has 1 aliphatic heterocycles. The third kappa shape index (κ3) is 4.66. The number of rotatable bonds is 7. The zero-order chi connectivity index (χ0) is 22.5. The lowest BCUT2D eigenvalue weighted by molar-refractivity contribution is -0.384. The Morgan fingerprint density at radius 2 is 1.74 bits per heavy atom. The van der Waals surface area contributed by atoms with Crippen LogP contribution in [0.5, 0.6) is 0 Å². The van der Waals surface area contributed by atoms with E-state index in [2.05, 4.69) is 15.4 Å². The zero-order valence-electron chi connectivity index (χ0n) is 16.4. The van der Waals surface area contributed by atoms with Gasteiger partial charge in [0.1, 0.15) is 0 Å². The third-order valence-corrected chi connectivity index (χ3v) is 4.57. The van der Waals surface area contributed by atoms with Crippen LogP contribution in [0.2, 0.25) is 0 Å². The number of ether oxygens (including phenoxy) is 1. The molecule has 11 heteroatoms. The number of nitrogens with zero attached hydrogens (tertiary/aromatic N) is 2. The van der Waals surface area contributed by atoms with Gasteiger partial charge in [-0.3, -0.25) is 24.6 Å². The van der Waals surface area contributed by atoms with Crippen molar-refractivity contribution in [2.24, 2.45) is 0 Å². The Morgan fingerprint density at radius 3 is 2.39 bits per heavy atom. The van der Waals surface area contributed by atoms with E-state index in [4.69, 9.17) is 0 Å². The Balaban J connectivity index is 1.48. The van der Waals surface area contributed by atoms with Crippen LogP contribution in [-0.4, -0.2) is 53.8 Å². The summed E-state index contributed by atoms with van der Waals surface area (Å²) in [6, 6.07) is 9.15. The third-order valence-electron chi connectivity index (χ3n) is 4.57. The van der Waals surface area contributed by atoms with Crippen molar-refractivity contribution in [3.05, 3.63) is 69.3 Å². The number of amides is 4. The first-order valence-electron chi connectivity index (χ1n) is 9.19. The van der Waals surface area contributed by atoms with E-state index in [0.717, 1.165) is 11.0 Å². The number of anilines is 1. The predicted octanol–water partition coefficient (Wildman–Crippen LogP) is 2.19. The van der Waals surface area contributed by atoms with E-state index in [1.807, 2.05) is 0 Å². The van der Waals surface area contributed by atoms with Crippen molar-refractivity contribution in [1.82, 2.24) is 10.2 Å². The number of hydrogen-bond acceptors (Lipinski definition) is 7. The first-order valence-corrected chi connectivity index (χ1v) is 9.19. The number of methoxy groups -OCH3 is 1. The van der Waals surface area contributed by atoms with Gasteiger partial charge in [0, 0.05) is 30.9 Å². The second-order valence-electron chi connectivity index (χ2n) is 6.55. The Kier molecular flexibility index (Phi) is 6.24. The average molecular weight is 426 g/mol. The van der Waals surface area contributed by atoms with Gasteiger partial charge >= 0.3 is 12.0 Å². The number of hydrogen-bond donors (Lipinski definition) is 2. The van der Waals surface area contributed by atoms with E-state index >= 15 is 0 Å². The summed E-state index contributed by atoms with van der Waals surface area (Å²) in [6.07, 6.45) is 0.294. The number of esters is 1. The summed E-state index contributed by atoms with van der Waals surface area (Å²) in [4.78, 5) is 59.3. The first-order chi connectivity index (χ1) is 14.8. The van der Waals surface area contributed by atoms with Crippen LogP contribution in [0.3, 0.4) is 0 Å². The molecule has 0 aliphatic carbocycles. The average Bonchev–Trinajstić information content (AvgIpc) is 3.00. The minimum Gasteiger partial charge on any atom is -0.465 e. The number of non-ortho nitro benzene ring substituents is 1. The summed E-state index contributed by atoms with van der Waals surface area (Å²) in [5.41, 5.74) is 0.670. The van der Waals surface area contributed by atoms with Crippen LogP contribution in [0.25, 0.3) is 0 Å². The normalized spacial score (nSPS) is 12.4. The molecule has 1 aliphatic rings. The van der Waals surface area contributed by atoms with Crippen molar-refractivity contribution in [2.45, 2.75) is 6.42 Å². The highest BCUT2D eigenvalue weighted by Gasteiger charge is 2.36. The maximum absolute atomic E-state index is 12.4. The summed E-state index contributed by atoms with van der Waals surface area (Å²) < 4.78 is 4.60. The standard InChI is InChI=1S/C20H18N4O7/c1-31-19(27)12-3-5-13(6-4-12)22-20(28)21-9-2-10-23-17(25)15-8-7-14(24(29)30)11-16(15)18(23)26/h3-8,11H,2,9-10H2,1H3,(H2,21,22,28). The zero-order valence-corrected chi connectivity index (χ0v) is 16.4. The highest BCUT2D eigenvalue weighted by molar-refractivity contribution is 6.21. The molecule has 2 aromatic rings. The number of carbonyl (C=O) groups is 4. The smallest absolute Gasteiger partial charge is 0.337 e. The Labute approximate surface area is 176 Å². The van der Waals surface area contributed by atoms with E-state index in [1.54, 1.807) is 12.1 Å². The van der Waals surface area contributed by atoms with Crippen LogP contribution < -0.4 is 10.6 Å². The first kappa shape index (κ1) is 21.4. The van der Waals surface area contributed by atoms with Crippen LogP contribution in [0.4, 0.5) is 16.2 Å². The SMILES string of the molecule is COC(=O)c1ccc(NC(=O)NCCCN2C(=O)c3ccc([N+](=O)[O-])cc3C2=O)cc1. The van der Waals surface area contributed by atoms with Gasteiger partial charge in [-0.05, 0) is 36.8 Å². The minimum absolute atomic E-state index is 0.000281. The molecular weight excluding hydrogens is 408 g/mol. The molecule has 31 heavy (non-hydrogen) atoms. The molecule has 0 unspecified atom stereocenters. The lowest BCUT2D eigenvalue weighted by Crippen LogP contribution is -2.35. The molecule has 11 nitrogen and oxygen atoms in total. The second-order valence-corrected chi connectivity index (χ2v) is 6.55. The quantitative estimate of drug-likeness (QED) is 0.227. The molecule has 0 bridgehead atoms. The van der Waals surface area contributed by atoms with Gasteiger partial charge in [-0.15, -0.1) is 0 Å². The molecule has 160 valence electrons. The predicted molar refractivity (Wildman–Crippen MR) is 108 cm³/mol. The van der Waals surface area contributed by atoms with Crippen molar-refractivity contribution in [2.75, 3.05) is 25.5 Å². The van der Waals surface area contributed by atoms with Crippen molar-refractivity contribution in [3.63, 3.8) is 0 Å². The highest BCUT2D eigenvalue weighted by atomic mass is 16.6. The molecule has 4 amide bonds. The summed E-state index contributed by atoms with van der Waals surface area (Å²) in [5.74, 6) is -1.61. The van der Waals surface area contributed by atoms with Crippen LogP contribution in [0.1, 0.15) is 37.5 Å². The summed E-state index contributed by atoms with van der Waals surface area (Å²) in [6.45, 7) is 0.230. The maximum atomic E-state index is 12.4. The van der Waals surface area contributed by atoms with E-state index in [9.17, 15) is 29.3 Å². The van der Waals surface area contributed by atoms with Crippen molar-refractivity contribution < 1.29 is 28.8 Å². The number of fused-ring (bicyclic) bond motifs is 1. The minimum atomic E-state index is -0.633. The van der Waals surface area contributed by atoms with Gasteiger partial charge in [-0.2, -0.15) is 0 Å². The van der Waals surface area contributed by atoms with Crippen LogP contribution >= 0.6 is 0 Å². The Bertz CT molecular complexity index is 1070. The number of nitro benzene ring substituents is 1. The van der Waals surface area contributed by atoms with Crippen molar-refractivity contribution >= 4 is 35.2 Å². The van der Waals surface area contributed by atoms with Gasteiger partial charge in [0.2, 0.25) is 0 Å². The molecule has 2 N–H and O–H groups in total. The molecule has 0 saturated carbocycles. The highest BCUT2D eigenvalue weighted by Crippen LogP contribution is 2.26. The molecule has 2 aromatic carbocycles.